The fraction of sp³-hybridized carbons (Fsp3) is 0.538. The lowest BCUT2D eigenvalue weighted by atomic mass is 10.2. The third-order valence-electron chi connectivity index (χ3n) is 2.62. The lowest BCUT2D eigenvalue weighted by molar-refractivity contribution is -0.158. The molecule has 0 radical (unpaired) electrons. The maximum atomic E-state index is 5.69. The molecule has 1 heterocycles. The monoisotopic (exact) mass is 316 g/mol. The van der Waals surface area contributed by atoms with Crippen molar-refractivity contribution in [3.63, 3.8) is 0 Å². The summed E-state index contributed by atoms with van der Waals surface area (Å²) < 4.78 is 12.4. The summed E-state index contributed by atoms with van der Waals surface area (Å²) >= 11 is 5.35. The first-order valence-corrected chi connectivity index (χ1v) is 7.74. The second-order valence-corrected chi connectivity index (χ2v) is 5.94. The average Bonchev–Trinajstić information content (AvgIpc) is 2.38. The van der Waals surface area contributed by atoms with Gasteiger partial charge in [0, 0.05) is 21.7 Å². The van der Waals surface area contributed by atoms with Crippen molar-refractivity contribution in [3.05, 3.63) is 28.7 Å². The van der Waals surface area contributed by atoms with E-state index in [1.165, 1.54) is 17.7 Å². The molecule has 1 saturated heterocycles. The van der Waals surface area contributed by atoms with Gasteiger partial charge in [-0.05, 0) is 47.3 Å². The first kappa shape index (κ1) is 13.4. The van der Waals surface area contributed by atoms with Gasteiger partial charge in [0.1, 0.15) is 0 Å². The van der Waals surface area contributed by atoms with Gasteiger partial charge in [0.2, 0.25) is 0 Å². The Hall–Kier alpha value is -0.0300. The van der Waals surface area contributed by atoms with E-state index in [1.54, 1.807) is 0 Å². The van der Waals surface area contributed by atoms with Gasteiger partial charge in [-0.25, -0.2) is 0 Å². The normalized spacial score (nSPS) is 20.4. The van der Waals surface area contributed by atoms with E-state index in [9.17, 15) is 0 Å². The second kappa shape index (κ2) is 7.41. The molecule has 0 N–H and O–H groups in total. The van der Waals surface area contributed by atoms with Gasteiger partial charge >= 0.3 is 0 Å². The molecule has 2 rings (SSSR count). The number of benzene rings is 1. The van der Waals surface area contributed by atoms with E-state index in [0.29, 0.717) is 0 Å². The molecule has 1 aliphatic heterocycles. The Morgan fingerprint density at radius 3 is 3.00 bits per heavy atom. The Balaban J connectivity index is 1.64. The molecule has 0 spiro atoms. The first-order valence-electron chi connectivity index (χ1n) is 5.97. The quantitative estimate of drug-likeness (QED) is 0.602. The van der Waals surface area contributed by atoms with Crippen molar-refractivity contribution in [2.45, 2.75) is 30.4 Å². The highest BCUT2D eigenvalue weighted by Crippen LogP contribution is 2.26. The Kier molecular flexibility index (Phi) is 5.85. The van der Waals surface area contributed by atoms with E-state index in [0.717, 1.165) is 29.9 Å². The minimum absolute atomic E-state index is 0.0311. The zero-order valence-electron chi connectivity index (χ0n) is 9.73. The Morgan fingerprint density at radius 2 is 2.24 bits per heavy atom. The SMILES string of the molecule is Brc1ccccc1SCCO[C@@H]1CCCCO1. The van der Waals surface area contributed by atoms with Crippen LogP contribution >= 0.6 is 27.7 Å². The molecule has 1 aliphatic rings. The van der Waals surface area contributed by atoms with Crippen LogP contribution in [-0.4, -0.2) is 25.3 Å². The number of hydrogen-bond acceptors (Lipinski definition) is 3. The van der Waals surface area contributed by atoms with E-state index in [1.807, 2.05) is 17.8 Å². The summed E-state index contributed by atoms with van der Waals surface area (Å²) in [5.41, 5.74) is 0. The standard InChI is InChI=1S/C13H17BrO2S/c14-11-5-1-2-6-12(11)17-10-9-16-13-7-3-4-8-15-13/h1-2,5-6,13H,3-4,7-10H2/t13-/m1/s1. The molecule has 0 bridgehead atoms. The summed E-state index contributed by atoms with van der Waals surface area (Å²) in [5.74, 6) is 0.961. The molecule has 1 atom stereocenters. The Labute approximate surface area is 115 Å². The smallest absolute Gasteiger partial charge is 0.157 e. The molecule has 17 heavy (non-hydrogen) atoms. The highest BCUT2D eigenvalue weighted by atomic mass is 79.9. The third kappa shape index (κ3) is 4.62. The highest BCUT2D eigenvalue weighted by molar-refractivity contribution is 9.10. The Bertz CT molecular complexity index is 340. The van der Waals surface area contributed by atoms with Gasteiger partial charge in [-0.2, -0.15) is 0 Å². The molecule has 1 aromatic carbocycles. The first-order chi connectivity index (χ1) is 8.36. The van der Waals surface area contributed by atoms with Gasteiger partial charge in [-0.15, -0.1) is 11.8 Å². The van der Waals surface area contributed by atoms with Gasteiger partial charge in [0.05, 0.1) is 6.61 Å². The Morgan fingerprint density at radius 1 is 1.35 bits per heavy atom. The van der Waals surface area contributed by atoms with E-state index in [4.69, 9.17) is 9.47 Å². The van der Waals surface area contributed by atoms with Crippen LogP contribution in [0.1, 0.15) is 19.3 Å². The molecule has 1 fully saturated rings. The van der Waals surface area contributed by atoms with Crippen molar-refractivity contribution in [2.24, 2.45) is 0 Å². The van der Waals surface area contributed by atoms with Crippen LogP contribution in [0.3, 0.4) is 0 Å². The number of ether oxygens (including phenoxy) is 2. The molecule has 0 aromatic heterocycles. The van der Waals surface area contributed by atoms with Crippen molar-refractivity contribution in [3.8, 4) is 0 Å². The fourth-order valence-electron chi connectivity index (χ4n) is 1.74. The van der Waals surface area contributed by atoms with E-state index in [2.05, 4.69) is 34.1 Å². The molecule has 0 aliphatic carbocycles. The summed E-state index contributed by atoms with van der Waals surface area (Å²) in [6.07, 6.45) is 3.47. The van der Waals surface area contributed by atoms with Gasteiger partial charge in [0.25, 0.3) is 0 Å². The van der Waals surface area contributed by atoms with Gasteiger partial charge in [0.15, 0.2) is 6.29 Å². The lowest BCUT2D eigenvalue weighted by Gasteiger charge is -2.22. The largest absolute Gasteiger partial charge is 0.353 e. The summed E-state index contributed by atoms with van der Waals surface area (Å²) in [5, 5.41) is 0. The maximum Gasteiger partial charge on any atom is 0.157 e. The molecular weight excluding hydrogens is 300 g/mol. The second-order valence-electron chi connectivity index (χ2n) is 3.95. The van der Waals surface area contributed by atoms with Crippen molar-refractivity contribution in [1.29, 1.82) is 0 Å². The van der Waals surface area contributed by atoms with Crippen molar-refractivity contribution in [2.75, 3.05) is 19.0 Å². The average molecular weight is 317 g/mol. The van der Waals surface area contributed by atoms with Crippen LogP contribution in [0.2, 0.25) is 0 Å². The van der Waals surface area contributed by atoms with Gasteiger partial charge in [-0.3, -0.25) is 0 Å². The van der Waals surface area contributed by atoms with Gasteiger partial charge < -0.3 is 9.47 Å². The van der Waals surface area contributed by atoms with Crippen molar-refractivity contribution >= 4 is 27.7 Å². The van der Waals surface area contributed by atoms with Crippen LogP contribution in [0.5, 0.6) is 0 Å². The lowest BCUT2D eigenvalue weighted by Crippen LogP contribution is -2.23. The van der Waals surface area contributed by atoms with E-state index >= 15 is 0 Å². The summed E-state index contributed by atoms with van der Waals surface area (Å²) in [6.45, 7) is 1.60. The zero-order chi connectivity index (χ0) is 11.9. The molecule has 4 heteroatoms. The molecule has 2 nitrogen and oxygen atoms in total. The summed E-state index contributed by atoms with van der Waals surface area (Å²) in [4.78, 5) is 1.26. The predicted octanol–water partition coefficient (Wildman–Crippen LogP) is 4.08. The summed E-state index contributed by atoms with van der Waals surface area (Å²) in [7, 11) is 0. The number of thioether (sulfide) groups is 1. The fourth-order valence-corrected chi connectivity index (χ4v) is 3.14. The number of halogens is 1. The van der Waals surface area contributed by atoms with Crippen LogP contribution in [-0.2, 0) is 9.47 Å². The minimum atomic E-state index is 0.0311. The van der Waals surface area contributed by atoms with Crippen LogP contribution < -0.4 is 0 Å². The molecule has 0 amide bonds. The summed E-state index contributed by atoms with van der Waals surface area (Å²) in [6, 6.07) is 8.26. The maximum absolute atomic E-state index is 5.69. The number of hydrogen-bond donors (Lipinski definition) is 0. The van der Waals surface area contributed by atoms with Crippen LogP contribution in [0.4, 0.5) is 0 Å². The van der Waals surface area contributed by atoms with E-state index < -0.39 is 0 Å². The predicted molar refractivity (Wildman–Crippen MR) is 74.4 cm³/mol. The van der Waals surface area contributed by atoms with Crippen LogP contribution in [0.25, 0.3) is 0 Å². The van der Waals surface area contributed by atoms with Crippen molar-refractivity contribution < 1.29 is 9.47 Å². The molecule has 94 valence electrons. The van der Waals surface area contributed by atoms with Crippen LogP contribution in [0.15, 0.2) is 33.6 Å². The minimum Gasteiger partial charge on any atom is -0.353 e. The number of rotatable bonds is 5. The van der Waals surface area contributed by atoms with E-state index in [-0.39, 0.29) is 6.29 Å². The van der Waals surface area contributed by atoms with Crippen LogP contribution in [0, 0.1) is 0 Å². The molecule has 0 saturated carbocycles. The topological polar surface area (TPSA) is 18.5 Å². The zero-order valence-corrected chi connectivity index (χ0v) is 12.1. The van der Waals surface area contributed by atoms with Crippen molar-refractivity contribution in [1.82, 2.24) is 0 Å². The third-order valence-corrected chi connectivity index (χ3v) is 4.61. The highest BCUT2D eigenvalue weighted by Gasteiger charge is 2.13. The van der Waals surface area contributed by atoms with Gasteiger partial charge in [-0.1, -0.05) is 12.1 Å². The molecular formula is C13H17BrO2S. The molecule has 1 aromatic rings. The molecule has 0 unspecified atom stereocenters.